The predicted molar refractivity (Wildman–Crippen MR) is 120 cm³/mol. The zero-order chi connectivity index (χ0) is 22.0. The van der Waals surface area contributed by atoms with Crippen LogP contribution >= 0.6 is 11.8 Å². The molecule has 0 saturated carbocycles. The molecule has 154 valence electrons. The molecule has 31 heavy (non-hydrogen) atoms. The Balaban J connectivity index is 1.63. The van der Waals surface area contributed by atoms with Crippen LogP contribution < -0.4 is 10.3 Å². The number of fused-ring (bicyclic) bond motifs is 1. The largest absolute Gasteiger partial charge is 0.497 e. The molecule has 4 rings (SSSR count). The second kappa shape index (κ2) is 8.50. The number of rotatable bonds is 6. The maximum atomic E-state index is 12.9. The number of aromatic amines is 2. The number of aromatic nitrogens is 3. The van der Waals surface area contributed by atoms with Gasteiger partial charge in [-0.15, -0.1) is 0 Å². The Kier molecular flexibility index (Phi) is 5.60. The van der Waals surface area contributed by atoms with E-state index in [1.807, 2.05) is 37.3 Å². The van der Waals surface area contributed by atoms with E-state index < -0.39 is 5.56 Å². The van der Waals surface area contributed by atoms with Gasteiger partial charge in [-0.3, -0.25) is 9.59 Å². The lowest BCUT2D eigenvalue weighted by Gasteiger charge is -2.07. The number of nitriles is 1. The molecule has 2 aromatic carbocycles. The normalized spacial score (nSPS) is 10.7. The van der Waals surface area contributed by atoms with Crippen molar-refractivity contribution in [1.29, 1.82) is 5.26 Å². The maximum Gasteiger partial charge on any atom is 0.270 e. The Labute approximate surface area is 182 Å². The Morgan fingerprint density at radius 3 is 2.61 bits per heavy atom. The zero-order valence-corrected chi connectivity index (χ0v) is 17.7. The number of ether oxygens (including phenoxy) is 1. The van der Waals surface area contributed by atoms with Gasteiger partial charge in [-0.25, -0.2) is 4.98 Å². The molecule has 0 fully saturated rings. The van der Waals surface area contributed by atoms with Crippen LogP contribution in [-0.2, 0) is 0 Å². The first-order chi connectivity index (χ1) is 15.0. The van der Waals surface area contributed by atoms with Gasteiger partial charge in [0.25, 0.3) is 5.56 Å². The second-order valence-corrected chi connectivity index (χ2v) is 7.78. The SMILES string of the molecule is COc1ccc(-c2nc(SCC(=O)c3c(C)[nH]c4ccccc34)[nH]c(=O)c2C#N)cc1. The Morgan fingerprint density at radius 1 is 1.16 bits per heavy atom. The molecule has 0 amide bonds. The van der Waals surface area contributed by atoms with Gasteiger partial charge in [0.15, 0.2) is 10.9 Å². The van der Waals surface area contributed by atoms with Gasteiger partial charge in [0, 0.05) is 27.7 Å². The number of para-hydroxylation sites is 1. The molecule has 0 aliphatic carbocycles. The monoisotopic (exact) mass is 430 g/mol. The minimum absolute atomic E-state index is 0.0713. The highest BCUT2D eigenvalue weighted by molar-refractivity contribution is 7.99. The summed E-state index contributed by atoms with van der Waals surface area (Å²) in [5.74, 6) is 0.680. The number of carbonyl (C=O) groups is 1. The number of hydrogen-bond donors (Lipinski definition) is 2. The lowest BCUT2D eigenvalue weighted by atomic mass is 10.1. The minimum Gasteiger partial charge on any atom is -0.497 e. The van der Waals surface area contributed by atoms with Gasteiger partial charge in [-0.05, 0) is 37.3 Å². The van der Waals surface area contributed by atoms with E-state index in [0.29, 0.717) is 16.9 Å². The number of carbonyl (C=O) groups excluding carboxylic acids is 1. The molecule has 2 heterocycles. The van der Waals surface area contributed by atoms with E-state index >= 15 is 0 Å². The van der Waals surface area contributed by atoms with Crippen molar-refractivity contribution >= 4 is 28.4 Å². The zero-order valence-electron chi connectivity index (χ0n) is 16.9. The minimum atomic E-state index is -0.540. The summed E-state index contributed by atoms with van der Waals surface area (Å²) in [4.78, 5) is 35.6. The van der Waals surface area contributed by atoms with Crippen LogP contribution in [0.15, 0.2) is 58.5 Å². The number of Topliss-reactive ketones (excluding diaryl/α,β-unsaturated/α-hetero) is 1. The molecule has 2 aromatic heterocycles. The van der Waals surface area contributed by atoms with E-state index in [2.05, 4.69) is 15.0 Å². The van der Waals surface area contributed by atoms with E-state index in [-0.39, 0.29) is 27.9 Å². The van der Waals surface area contributed by atoms with Crippen LogP contribution in [0, 0.1) is 18.3 Å². The number of H-pyrrole nitrogens is 2. The van der Waals surface area contributed by atoms with Crippen molar-refractivity contribution in [3.63, 3.8) is 0 Å². The highest BCUT2D eigenvalue weighted by atomic mass is 32.2. The number of aryl methyl sites for hydroxylation is 1. The molecule has 0 bridgehead atoms. The lowest BCUT2D eigenvalue weighted by Crippen LogP contribution is -2.15. The summed E-state index contributed by atoms with van der Waals surface area (Å²) in [6, 6.07) is 16.5. The van der Waals surface area contributed by atoms with E-state index in [1.165, 1.54) is 0 Å². The first kappa shape index (κ1) is 20.4. The lowest BCUT2D eigenvalue weighted by molar-refractivity contribution is 0.102. The smallest absolute Gasteiger partial charge is 0.270 e. The highest BCUT2D eigenvalue weighted by Gasteiger charge is 2.18. The van der Waals surface area contributed by atoms with Crippen molar-refractivity contribution in [2.24, 2.45) is 0 Å². The first-order valence-corrected chi connectivity index (χ1v) is 10.4. The third-order valence-electron chi connectivity index (χ3n) is 4.89. The highest BCUT2D eigenvalue weighted by Crippen LogP contribution is 2.27. The maximum absolute atomic E-state index is 12.9. The summed E-state index contributed by atoms with van der Waals surface area (Å²) >= 11 is 1.13. The molecule has 0 spiro atoms. The van der Waals surface area contributed by atoms with Crippen LogP contribution in [-0.4, -0.2) is 33.6 Å². The summed E-state index contributed by atoms with van der Waals surface area (Å²) in [5, 5.41) is 10.6. The average Bonchev–Trinajstić information content (AvgIpc) is 3.13. The van der Waals surface area contributed by atoms with Gasteiger partial charge in [0.2, 0.25) is 0 Å². The standard InChI is InChI=1S/C23H18N4O3S/c1-13-20(16-5-3-4-6-18(16)25-13)19(28)12-31-23-26-21(17(11-24)22(29)27-23)14-7-9-15(30-2)10-8-14/h3-10,25H,12H2,1-2H3,(H,26,27,29). The van der Waals surface area contributed by atoms with Crippen molar-refractivity contribution in [2.45, 2.75) is 12.1 Å². The molecule has 0 aliphatic heterocycles. The van der Waals surface area contributed by atoms with Gasteiger partial charge in [-0.2, -0.15) is 5.26 Å². The molecule has 0 saturated heterocycles. The number of methoxy groups -OCH3 is 1. The molecule has 0 atom stereocenters. The fourth-order valence-corrected chi connectivity index (χ4v) is 4.16. The number of ketones is 1. The van der Waals surface area contributed by atoms with Crippen molar-refractivity contribution in [3.8, 4) is 23.1 Å². The average molecular weight is 430 g/mol. The Bertz CT molecular complexity index is 1380. The van der Waals surface area contributed by atoms with Crippen LogP contribution in [0.2, 0.25) is 0 Å². The molecular weight excluding hydrogens is 412 g/mol. The third-order valence-corrected chi connectivity index (χ3v) is 5.76. The number of nitrogens with zero attached hydrogens (tertiary/aromatic N) is 2. The van der Waals surface area contributed by atoms with E-state index in [0.717, 1.165) is 28.4 Å². The predicted octanol–water partition coefficient (Wildman–Crippen LogP) is 4.08. The molecule has 0 aliphatic rings. The van der Waals surface area contributed by atoms with Crippen LogP contribution in [0.5, 0.6) is 5.75 Å². The third kappa shape index (κ3) is 3.96. The summed E-state index contributed by atoms with van der Waals surface area (Å²) in [7, 11) is 1.56. The Morgan fingerprint density at radius 2 is 1.90 bits per heavy atom. The first-order valence-electron chi connectivity index (χ1n) is 9.44. The van der Waals surface area contributed by atoms with E-state index in [1.54, 1.807) is 31.4 Å². The molecule has 8 heteroatoms. The van der Waals surface area contributed by atoms with Crippen LogP contribution in [0.1, 0.15) is 21.6 Å². The number of nitrogens with one attached hydrogen (secondary N) is 2. The van der Waals surface area contributed by atoms with Crippen LogP contribution in [0.3, 0.4) is 0 Å². The molecular formula is C23H18N4O3S. The molecule has 4 aromatic rings. The summed E-state index contributed by atoms with van der Waals surface area (Å²) < 4.78 is 5.15. The summed E-state index contributed by atoms with van der Waals surface area (Å²) in [5.41, 5.74) is 2.60. The van der Waals surface area contributed by atoms with Gasteiger partial charge in [0.1, 0.15) is 17.4 Å². The molecule has 0 radical (unpaired) electrons. The fraction of sp³-hybridized carbons (Fsp3) is 0.130. The topological polar surface area (TPSA) is 112 Å². The quantitative estimate of drug-likeness (QED) is 0.271. The van der Waals surface area contributed by atoms with Gasteiger partial charge in [0.05, 0.1) is 18.6 Å². The number of benzene rings is 2. The van der Waals surface area contributed by atoms with Gasteiger partial charge >= 0.3 is 0 Å². The summed E-state index contributed by atoms with van der Waals surface area (Å²) in [6.07, 6.45) is 0. The van der Waals surface area contributed by atoms with E-state index in [9.17, 15) is 14.9 Å². The number of hydrogen-bond acceptors (Lipinski definition) is 6. The van der Waals surface area contributed by atoms with Crippen molar-refractivity contribution in [2.75, 3.05) is 12.9 Å². The Hall–Kier alpha value is -3.83. The summed E-state index contributed by atoms with van der Waals surface area (Å²) in [6.45, 7) is 1.86. The molecule has 2 N–H and O–H groups in total. The van der Waals surface area contributed by atoms with Crippen LogP contribution in [0.4, 0.5) is 0 Å². The van der Waals surface area contributed by atoms with E-state index in [4.69, 9.17) is 4.74 Å². The molecule has 7 nitrogen and oxygen atoms in total. The van der Waals surface area contributed by atoms with Crippen molar-refractivity contribution < 1.29 is 9.53 Å². The number of thioether (sulfide) groups is 1. The van der Waals surface area contributed by atoms with Gasteiger partial charge < -0.3 is 14.7 Å². The van der Waals surface area contributed by atoms with Crippen molar-refractivity contribution in [1.82, 2.24) is 15.0 Å². The van der Waals surface area contributed by atoms with Crippen molar-refractivity contribution in [3.05, 3.63) is 75.7 Å². The second-order valence-electron chi connectivity index (χ2n) is 6.82. The fourth-order valence-electron chi connectivity index (χ4n) is 3.42. The van der Waals surface area contributed by atoms with Gasteiger partial charge in [-0.1, -0.05) is 30.0 Å². The molecule has 0 unspecified atom stereocenters. The van der Waals surface area contributed by atoms with Crippen LogP contribution in [0.25, 0.3) is 22.2 Å².